The predicted octanol–water partition coefficient (Wildman–Crippen LogP) is 2.79. The van der Waals surface area contributed by atoms with Crippen molar-refractivity contribution in [3.8, 4) is 5.69 Å². The van der Waals surface area contributed by atoms with Gasteiger partial charge in [0.15, 0.2) is 5.65 Å². The number of carbonyl (C=O) groups is 1. The molecule has 0 aliphatic heterocycles. The van der Waals surface area contributed by atoms with Gasteiger partial charge in [0.25, 0.3) is 5.91 Å². The first kappa shape index (κ1) is 16.0. The van der Waals surface area contributed by atoms with Crippen molar-refractivity contribution in [3.63, 3.8) is 0 Å². The van der Waals surface area contributed by atoms with Gasteiger partial charge in [0.1, 0.15) is 5.52 Å². The monoisotopic (exact) mass is 343 g/mol. The van der Waals surface area contributed by atoms with Crippen LogP contribution in [-0.2, 0) is 6.42 Å². The second-order valence-corrected chi connectivity index (χ2v) is 5.89. The first-order chi connectivity index (χ1) is 12.8. The lowest BCUT2D eigenvalue weighted by Crippen LogP contribution is -2.25. The molecule has 0 fully saturated rings. The first-order valence-corrected chi connectivity index (χ1v) is 8.40. The van der Waals surface area contributed by atoms with Crippen LogP contribution in [-0.4, -0.2) is 32.4 Å². The van der Waals surface area contributed by atoms with Crippen molar-refractivity contribution in [2.24, 2.45) is 0 Å². The number of carbonyl (C=O) groups excluding carboxylic acids is 1. The van der Waals surface area contributed by atoms with Gasteiger partial charge in [-0.15, -0.1) is 5.10 Å². The summed E-state index contributed by atoms with van der Waals surface area (Å²) in [7, 11) is 0. The summed E-state index contributed by atoms with van der Waals surface area (Å²) < 4.78 is 1.66. The number of nitrogens with zero attached hydrogens (tertiary/aromatic N) is 4. The molecule has 26 heavy (non-hydrogen) atoms. The summed E-state index contributed by atoms with van der Waals surface area (Å²) in [6.45, 7) is 0.599. The second kappa shape index (κ2) is 7.14. The average molecular weight is 343 g/mol. The fourth-order valence-corrected chi connectivity index (χ4v) is 2.76. The smallest absolute Gasteiger partial charge is 0.251 e. The van der Waals surface area contributed by atoms with Crippen LogP contribution in [0.25, 0.3) is 16.9 Å². The molecule has 2 heterocycles. The molecule has 0 unspecified atom stereocenters. The summed E-state index contributed by atoms with van der Waals surface area (Å²) in [5.74, 6) is -0.0888. The Morgan fingerprint density at radius 3 is 2.58 bits per heavy atom. The molecule has 4 rings (SSSR count). The molecule has 0 radical (unpaired) electrons. The van der Waals surface area contributed by atoms with Gasteiger partial charge >= 0.3 is 0 Å². The van der Waals surface area contributed by atoms with Gasteiger partial charge in [-0.2, -0.15) is 4.68 Å². The van der Waals surface area contributed by atoms with Crippen molar-refractivity contribution in [2.75, 3.05) is 6.54 Å². The molecular weight excluding hydrogens is 326 g/mol. The van der Waals surface area contributed by atoms with Crippen LogP contribution in [0, 0.1) is 0 Å². The Bertz CT molecular complexity index is 1020. The molecule has 0 aliphatic rings. The van der Waals surface area contributed by atoms with Crippen molar-refractivity contribution in [1.82, 2.24) is 25.3 Å². The van der Waals surface area contributed by atoms with Crippen molar-refractivity contribution < 1.29 is 4.79 Å². The minimum absolute atomic E-state index is 0.0888. The molecule has 0 saturated heterocycles. The number of rotatable bonds is 5. The van der Waals surface area contributed by atoms with Crippen LogP contribution in [0.15, 0.2) is 72.9 Å². The summed E-state index contributed by atoms with van der Waals surface area (Å²) in [5, 5.41) is 11.2. The van der Waals surface area contributed by atoms with Crippen LogP contribution in [0.3, 0.4) is 0 Å². The van der Waals surface area contributed by atoms with Gasteiger partial charge in [-0.25, -0.2) is 4.98 Å². The Morgan fingerprint density at radius 2 is 1.77 bits per heavy atom. The normalized spacial score (nSPS) is 10.8. The minimum atomic E-state index is -0.0888. The maximum absolute atomic E-state index is 12.3. The van der Waals surface area contributed by atoms with E-state index in [0.29, 0.717) is 17.8 Å². The summed E-state index contributed by atoms with van der Waals surface area (Å²) in [6, 6.07) is 21.0. The molecule has 2 aromatic carbocycles. The van der Waals surface area contributed by atoms with E-state index in [-0.39, 0.29) is 5.91 Å². The molecule has 6 nitrogen and oxygen atoms in total. The highest BCUT2D eigenvalue weighted by molar-refractivity contribution is 5.94. The lowest BCUT2D eigenvalue weighted by atomic mass is 10.1. The number of benzene rings is 2. The first-order valence-electron chi connectivity index (χ1n) is 8.40. The van der Waals surface area contributed by atoms with Crippen LogP contribution >= 0.6 is 0 Å². The van der Waals surface area contributed by atoms with E-state index in [1.807, 2.05) is 42.5 Å². The molecular formula is C20H17N5O. The highest BCUT2D eigenvalue weighted by atomic mass is 16.1. The number of fused-ring (bicyclic) bond motifs is 1. The van der Waals surface area contributed by atoms with Crippen LogP contribution in [0.4, 0.5) is 0 Å². The third-order valence-corrected chi connectivity index (χ3v) is 4.12. The number of amides is 1. The van der Waals surface area contributed by atoms with Crippen LogP contribution in [0.1, 0.15) is 15.9 Å². The van der Waals surface area contributed by atoms with E-state index in [2.05, 4.69) is 32.7 Å². The lowest BCUT2D eigenvalue weighted by Gasteiger charge is -2.07. The zero-order valence-electron chi connectivity index (χ0n) is 14.0. The van der Waals surface area contributed by atoms with Gasteiger partial charge in [-0.1, -0.05) is 35.5 Å². The van der Waals surface area contributed by atoms with E-state index in [9.17, 15) is 4.79 Å². The van der Waals surface area contributed by atoms with Gasteiger partial charge in [0.2, 0.25) is 0 Å². The van der Waals surface area contributed by atoms with E-state index in [1.165, 1.54) is 5.56 Å². The lowest BCUT2D eigenvalue weighted by molar-refractivity contribution is 0.0954. The molecule has 0 spiro atoms. The SMILES string of the molecule is O=C(NCCc1ccccc1)c1ccc(-n2nnc3cccnc32)cc1. The molecule has 1 N–H and O–H groups in total. The van der Waals surface area contributed by atoms with Crippen molar-refractivity contribution in [1.29, 1.82) is 0 Å². The Kier molecular flexibility index (Phi) is 4.38. The number of hydrogen-bond acceptors (Lipinski definition) is 4. The van der Waals surface area contributed by atoms with Gasteiger partial charge in [-0.05, 0) is 48.4 Å². The number of hydrogen-bond donors (Lipinski definition) is 1. The van der Waals surface area contributed by atoms with E-state index in [4.69, 9.17) is 0 Å². The molecule has 1 amide bonds. The highest BCUT2D eigenvalue weighted by Crippen LogP contribution is 2.14. The Morgan fingerprint density at radius 1 is 0.962 bits per heavy atom. The van der Waals surface area contributed by atoms with E-state index in [1.54, 1.807) is 23.0 Å². The maximum Gasteiger partial charge on any atom is 0.251 e. The third-order valence-electron chi connectivity index (χ3n) is 4.12. The molecule has 2 aromatic heterocycles. The summed E-state index contributed by atoms with van der Waals surface area (Å²) >= 11 is 0. The fraction of sp³-hybridized carbons (Fsp3) is 0.100. The molecule has 0 atom stereocenters. The second-order valence-electron chi connectivity index (χ2n) is 5.89. The van der Waals surface area contributed by atoms with Gasteiger partial charge in [0, 0.05) is 18.3 Å². The molecule has 6 heteroatoms. The summed E-state index contributed by atoms with van der Waals surface area (Å²) in [6.07, 6.45) is 2.51. The van der Waals surface area contributed by atoms with E-state index < -0.39 is 0 Å². The van der Waals surface area contributed by atoms with Crippen molar-refractivity contribution >= 4 is 17.1 Å². The largest absolute Gasteiger partial charge is 0.352 e. The van der Waals surface area contributed by atoms with Crippen molar-refractivity contribution in [2.45, 2.75) is 6.42 Å². The molecule has 0 aliphatic carbocycles. The number of pyridine rings is 1. The van der Waals surface area contributed by atoms with Gasteiger partial charge < -0.3 is 5.32 Å². The van der Waals surface area contributed by atoms with Crippen LogP contribution in [0.2, 0.25) is 0 Å². The standard InChI is InChI=1S/C20H17N5O/c26-20(22-14-12-15-5-2-1-3-6-15)16-8-10-17(11-9-16)25-19-18(23-24-25)7-4-13-21-19/h1-11,13H,12,14H2,(H,22,26). The highest BCUT2D eigenvalue weighted by Gasteiger charge is 2.09. The van der Waals surface area contributed by atoms with Crippen molar-refractivity contribution in [3.05, 3.63) is 84.1 Å². The Hall–Kier alpha value is -3.54. The number of aromatic nitrogens is 4. The average Bonchev–Trinajstić information content (AvgIpc) is 3.13. The van der Waals surface area contributed by atoms with E-state index in [0.717, 1.165) is 17.6 Å². The maximum atomic E-state index is 12.3. The Balaban J connectivity index is 1.43. The molecule has 4 aromatic rings. The van der Waals surface area contributed by atoms with Gasteiger partial charge in [-0.3, -0.25) is 4.79 Å². The van der Waals surface area contributed by atoms with Crippen LogP contribution in [0.5, 0.6) is 0 Å². The van der Waals surface area contributed by atoms with Gasteiger partial charge in [0.05, 0.1) is 5.69 Å². The molecule has 0 saturated carbocycles. The zero-order valence-corrected chi connectivity index (χ0v) is 14.0. The van der Waals surface area contributed by atoms with Crippen LogP contribution < -0.4 is 5.32 Å². The fourth-order valence-electron chi connectivity index (χ4n) is 2.76. The third kappa shape index (κ3) is 3.30. The summed E-state index contributed by atoms with van der Waals surface area (Å²) in [4.78, 5) is 16.6. The predicted molar refractivity (Wildman–Crippen MR) is 99.1 cm³/mol. The molecule has 128 valence electrons. The Labute approximate surface area is 150 Å². The summed E-state index contributed by atoms with van der Waals surface area (Å²) in [5.41, 5.74) is 4.04. The zero-order chi connectivity index (χ0) is 17.8. The van der Waals surface area contributed by atoms with E-state index >= 15 is 0 Å². The quantitative estimate of drug-likeness (QED) is 0.605. The number of nitrogens with one attached hydrogen (secondary N) is 1. The topological polar surface area (TPSA) is 72.7 Å². The molecule has 0 bridgehead atoms. The minimum Gasteiger partial charge on any atom is -0.352 e.